The second kappa shape index (κ2) is 10.2. The molecule has 0 radical (unpaired) electrons. The van der Waals surface area contributed by atoms with E-state index in [9.17, 15) is 0 Å². The Bertz CT molecular complexity index is 610. The Hall–Kier alpha value is -0.880. The Balaban J connectivity index is 1.88. The SMILES string of the molecule is CN(C)CCCNCc1cc(Br)c(OCc2ccccc2)c(Br)c1. The lowest BCUT2D eigenvalue weighted by atomic mass is 10.2. The highest BCUT2D eigenvalue weighted by Crippen LogP contribution is 2.35. The fourth-order valence-electron chi connectivity index (χ4n) is 2.34. The summed E-state index contributed by atoms with van der Waals surface area (Å²) in [6.45, 7) is 3.52. The average Bonchev–Trinajstić information content (AvgIpc) is 2.54. The van der Waals surface area contributed by atoms with Gasteiger partial charge in [-0.2, -0.15) is 0 Å². The fourth-order valence-corrected chi connectivity index (χ4v) is 3.85. The molecule has 0 spiro atoms. The van der Waals surface area contributed by atoms with Crippen molar-refractivity contribution in [2.75, 3.05) is 27.2 Å². The highest BCUT2D eigenvalue weighted by Gasteiger charge is 2.09. The van der Waals surface area contributed by atoms with Crippen LogP contribution < -0.4 is 10.1 Å². The van der Waals surface area contributed by atoms with E-state index in [0.29, 0.717) is 6.61 Å². The van der Waals surface area contributed by atoms with Gasteiger partial charge in [0.05, 0.1) is 8.95 Å². The predicted molar refractivity (Wildman–Crippen MR) is 107 cm³/mol. The quantitative estimate of drug-likeness (QED) is 0.548. The Labute approximate surface area is 161 Å². The molecule has 0 aliphatic rings. The number of benzene rings is 2. The number of rotatable bonds is 9. The van der Waals surface area contributed by atoms with Crippen molar-refractivity contribution in [3.8, 4) is 5.75 Å². The molecule has 3 nitrogen and oxygen atoms in total. The van der Waals surface area contributed by atoms with Crippen LogP contribution in [0.25, 0.3) is 0 Å². The first-order valence-corrected chi connectivity index (χ1v) is 9.65. The van der Waals surface area contributed by atoms with Gasteiger partial charge in [-0.05, 0) is 88.7 Å². The van der Waals surface area contributed by atoms with E-state index in [-0.39, 0.29) is 0 Å². The molecule has 2 aromatic carbocycles. The van der Waals surface area contributed by atoms with Gasteiger partial charge in [-0.15, -0.1) is 0 Å². The molecule has 24 heavy (non-hydrogen) atoms. The van der Waals surface area contributed by atoms with Crippen LogP contribution >= 0.6 is 31.9 Å². The average molecular weight is 456 g/mol. The van der Waals surface area contributed by atoms with E-state index in [4.69, 9.17) is 4.74 Å². The van der Waals surface area contributed by atoms with E-state index < -0.39 is 0 Å². The number of nitrogens with one attached hydrogen (secondary N) is 1. The van der Waals surface area contributed by atoms with Crippen molar-refractivity contribution >= 4 is 31.9 Å². The summed E-state index contributed by atoms with van der Waals surface area (Å²) in [5, 5.41) is 3.48. The summed E-state index contributed by atoms with van der Waals surface area (Å²) in [6, 6.07) is 14.4. The first-order chi connectivity index (χ1) is 11.6. The number of hydrogen-bond donors (Lipinski definition) is 1. The van der Waals surface area contributed by atoms with Crippen LogP contribution in [0.3, 0.4) is 0 Å². The van der Waals surface area contributed by atoms with E-state index >= 15 is 0 Å². The van der Waals surface area contributed by atoms with Crippen molar-refractivity contribution in [2.45, 2.75) is 19.6 Å². The summed E-state index contributed by atoms with van der Waals surface area (Å²) in [7, 11) is 4.20. The van der Waals surface area contributed by atoms with Crippen LogP contribution in [0.5, 0.6) is 5.75 Å². The Kier molecular flexibility index (Phi) is 8.25. The van der Waals surface area contributed by atoms with Crippen LogP contribution in [0.2, 0.25) is 0 Å². The number of ether oxygens (including phenoxy) is 1. The van der Waals surface area contributed by atoms with Crippen LogP contribution in [-0.2, 0) is 13.2 Å². The second-order valence-electron chi connectivity index (χ2n) is 6.00. The Morgan fingerprint density at radius 1 is 1.00 bits per heavy atom. The molecule has 0 saturated carbocycles. The molecule has 130 valence electrons. The summed E-state index contributed by atoms with van der Waals surface area (Å²) in [5.41, 5.74) is 2.38. The van der Waals surface area contributed by atoms with Crippen molar-refractivity contribution in [3.63, 3.8) is 0 Å². The summed E-state index contributed by atoms with van der Waals surface area (Å²) in [4.78, 5) is 2.20. The van der Waals surface area contributed by atoms with Gasteiger partial charge in [-0.1, -0.05) is 30.3 Å². The van der Waals surface area contributed by atoms with Gasteiger partial charge in [0.1, 0.15) is 12.4 Å². The molecule has 0 fully saturated rings. The molecule has 0 aliphatic carbocycles. The zero-order valence-corrected chi connectivity index (χ0v) is 17.4. The standard InChI is InChI=1S/C19H24Br2N2O/c1-23(2)10-6-9-22-13-16-11-17(20)19(18(21)12-16)24-14-15-7-4-3-5-8-15/h3-5,7-8,11-12,22H,6,9-10,13-14H2,1-2H3. The molecule has 0 unspecified atom stereocenters. The zero-order valence-electron chi connectivity index (χ0n) is 14.2. The van der Waals surface area contributed by atoms with E-state index in [1.54, 1.807) is 0 Å². The lowest BCUT2D eigenvalue weighted by Gasteiger charge is -2.13. The molecule has 0 aromatic heterocycles. The van der Waals surface area contributed by atoms with Gasteiger partial charge in [0, 0.05) is 6.54 Å². The monoisotopic (exact) mass is 454 g/mol. The highest BCUT2D eigenvalue weighted by molar-refractivity contribution is 9.11. The zero-order chi connectivity index (χ0) is 17.4. The maximum Gasteiger partial charge on any atom is 0.148 e. The third-order valence-corrected chi connectivity index (χ3v) is 4.75. The summed E-state index contributed by atoms with van der Waals surface area (Å²) < 4.78 is 7.90. The third kappa shape index (κ3) is 6.55. The number of hydrogen-bond acceptors (Lipinski definition) is 3. The molecule has 0 heterocycles. The molecule has 2 aromatic rings. The highest BCUT2D eigenvalue weighted by atomic mass is 79.9. The van der Waals surface area contributed by atoms with Crippen LogP contribution in [0, 0.1) is 0 Å². The number of halogens is 2. The summed E-state index contributed by atoms with van der Waals surface area (Å²) in [6.07, 6.45) is 1.15. The lowest BCUT2D eigenvalue weighted by molar-refractivity contribution is 0.302. The van der Waals surface area contributed by atoms with Crippen molar-refractivity contribution in [1.82, 2.24) is 10.2 Å². The van der Waals surface area contributed by atoms with Crippen molar-refractivity contribution in [2.24, 2.45) is 0 Å². The van der Waals surface area contributed by atoms with Gasteiger partial charge in [-0.25, -0.2) is 0 Å². The first kappa shape index (κ1) is 19.4. The molecule has 0 amide bonds. The van der Waals surface area contributed by atoms with Gasteiger partial charge >= 0.3 is 0 Å². The third-order valence-electron chi connectivity index (χ3n) is 3.57. The fraction of sp³-hybridized carbons (Fsp3) is 0.368. The molecule has 0 aliphatic heterocycles. The normalized spacial score (nSPS) is 11.0. The van der Waals surface area contributed by atoms with Crippen LogP contribution in [0.4, 0.5) is 0 Å². The Morgan fingerprint density at radius 2 is 1.67 bits per heavy atom. The molecule has 1 N–H and O–H groups in total. The van der Waals surface area contributed by atoms with Crippen LogP contribution in [0.15, 0.2) is 51.4 Å². The van der Waals surface area contributed by atoms with Gasteiger partial charge in [0.15, 0.2) is 0 Å². The Morgan fingerprint density at radius 3 is 2.29 bits per heavy atom. The van der Waals surface area contributed by atoms with E-state index in [1.807, 2.05) is 18.2 Å². The molecular formula is C19H24Br2N2O. The minimum atomic E-state index is 0.556. The molecule has 2 rings (SSSR count). The lowest BCUT2D eigenvalue weighted by Crippen LogP contribution is -2.21. The summed E-state index contributed by atoms with van der Waals surface area (Å²) in [5.74, 6) is 0.843. The molecular weight excluding hydrogens is 432 g/mol. The molecule has 0 saturated heterocycles. The molecule has 0 bridgehead atoms. The maximum absolute atomic E-state index is 5.96. The first-order valence-electron chi connectivity index (χ1n) is 8.06. The second-order valence-corrected chi connectivity index (χ2v) is 7.71. The van der Waals surface area contributed by atoms with Crippen molar-refractivity contribution in [1.29, 1.82) is 0 Å². The van der Waals surface area contributed by atoms with E-state index in [1.165, 1.54) is 5.56 Å². The van der Waals surface area contributed by atoms with Gasteiger partial charge in [-0.3, -0.25) is 0 Å². The topological polar surface area (TPSA) is 24.5 Å². The van der Waals surface area contributed by atoms with E-state index in [0.717, 1.165) is 46.3 Å². The van der Waals surface area contributed by atoms with Crippen LogP contribution in [-0.4, -0.2) is 32.1 Å². The van der Waals surface area contributed by atoms with Gasteiger partial charge in [0.2, 0.25) is 0 Å². The largest absolute Gasteiger partial charge is 0.487 e. The predicted octanol–water partition coefficient (Wildman–Crippen LogP) is 4.83. The van der Waals surface area contributed by atoms with Crippen LogP contribution in [0.1, 0.15) is 17.5 Å². The summed E-state index contributed by atoms with van der Waals surface area (Å²) >= 11 is 7.25. The molecule has 5 heteroatoms. The van der Waals surface area contributed by atoms with Crippen molar-refractivity contribution < 1.29 is 4.74 Å². The maximum atomic E-state index is 5.96. The molecule has 0 atom stereocenters. The van der Waals surface area contributed by atoms with E-state index in [2.05, 4.69) is 80.4 Å². The van der Waals surface area contributed by atoms with Crippen molar-refractivity contribution in [3.05, 3.63) is 62.5 Å². The minimum Gasteiger partial charge on any atom is -0.487 e. The number of nitrogens with zero attached hydrogens (tertiary/aromatic N) is 1. The minimum absolute atomic E-state index is 0.556. The van der Waals surface area contributed by atoms with Gasteiger partial charge in [0.25, 0.3) is 0 Å². The van der Waals surface area contributed by atoms with Gasteiger partial charge < -0.3 is 15.0 Å². The smallest absolute Gasteiger partial charge is 0.148 e.